The maximum Gasteiger partial charge on any atom is 0.265 e. The third kappa shape index (κ3) is 3.09. The molecule has 0 radical (unpaired) electrons. The third-order valence-corrected chi connectivity index (χ3v) is 4.80. The Labute approximate surface area is 113 Å². The molecule has 3 unspecified atom stereocenters. The minimum Gasteiger partial charge on any atom is -0.386 e. The molecule has 0 aromatic heterocycles. The van der Waals surface area contributed by atoms with Crippen LogP contribution in [-0.4, -0.2) is 42.9 Å². The summed E-state index contributed by atoms with van der Waals surface area (Å²) in [7, 11) is 0. The highest BCUT2D eigenvalue weighted by Gasteiger charge is 2.55. The highest BCUT2D eigenvalue weighted by atomic mass is 19.3. The van der Waals surface area contributed by atoms with Gasteiger partial charge in [0.2, 0.25) is 0 Å². The molecule has 2 aliphatic carbocycles. The minimum atomic E-state index is -2.67. The van der Waals surface area contributed by atoms with Gasteiger partial charge in [-0.05, 0) is 26.2 Å². The first-order chi connectivity index (χ1) is 9.10. The molecule has 112 valence electrons. The molecular weight excluding hydrogens is 252 g/mol. The molecule has 2 N–H and O–H groups in total. The molecule has 0 saturated heterocycles. The van der Waals surface area contributed by atoms with E-state index < -0.39 is 12.5 Å². The van der Waals surface area contributed by atoms with E-state index in [4.69, 9.17) is 4.74 Å². The predicted octanol–water partition coefficient (Wildman–Crippen LogP) is 2.33. The molecular formula is C14H25F2NO2. The van der Waals surface area contributed by atoms with E-state index in [1.807, 2.05) is 6.92 Å². The van der Waals surface area contributed by atoms with Gasteiger partial charge in [-0.15, -0.1) is 0 Å². The van der Waals surface area contributed by atoms with Crippen molar-refractivity contribution in [1.82, 2.24) is 5.32 Å². The molecule has 1 spiro atoms. The number of aliphatic hydroxyl groups excluding tert-OH is 1. The Bertz CT molecular complexity index is 283. The summed E-state index contributed by atoms with van der Waals surface area (Å²) in [6.07, 6.45) is 2.78. The Balaban J connectivity index is 1.90. The Morgan fingerprint density at radius 3 is 2.58 bits per heavy atom. The number of hydrogen-bond acceptors (Lipinski definition) is 3. The van der Waals surface area contributed by atoms with Gasteiger partial charge in [-0.3, -0.25) is 0 Å². The molecule has 2 rings (SSSR count). The number of nitrogens with one attached hydrogen (secondary N) is 1. The molecule has 0 aromatic rings. The van der Waals surface area contributed by atoms with Gasteiger partial charge in [-0.2, -0.15) is 0 Å². The van der Waals surface area contributed by atoms with Crippen LogP contribution in [0.3, 0.4) is 0 Å². The van der Waals surface area contributed by atoms with Crippen LogP contribution < -0.4 is 5.32 Å². The van der Waals surface area contributed by atoms with E-state index in [9.17, 15) is 13.9 Å². The van der Waals surface area contributed by atoms with Crippen molar-refractivity contribution in [3.63, 3.8) is 0 Å². The molecule has 2 saturated carbocycles. The average Bonchev–Trinajstić information content (AvgIpc) is 2.42. The van der Waals surface area contributed by atoms with Crippen LogP contribution in [0, 0.1) is 5.41 Å². The number of aliphatic hydroxyl groups is 1. The lowest BCUT2D eigenvalue weighted by atomic mass is 9.55. The zero-order valence-electron chi connectivity index (χ0n) is 11.6. The highest BCUT2D eigenvalue weighted by molar-refractivity contribution is 5.09. The van der Waals surface area contributed by atoms with E-state index in [-0.39, 0.29) is 24.1 Å². The van der Waals surface area contributed by atoms with Gasteiger partial charge in [-0.1, -0.05) is 19.3 Å². The van der Waals surface area contributed by atoms with Crippen molar-refractivity contribution in [3.8, 4) is 0 Å². The van der Waals surface area contributed by atoms with Crippen LogP contribution in [-0.2, 0) is 4.74 Å². The summed E-state index contributed by atoms with van der Waals surface area (Å²) < 4.78 is 30.4. The summed E-state index contributed by atoms with van der Waals surface area (Å²) in [5.74, 6) is 0. The lowest BCUT2D eigenvalue weighted by molar-refractivity contribution is -0.152. The van der Waals surface area contributed by atoms with Crippen molar-refractivity contribution >= 4 is 0 Å². The second-order valence-electron chi connectivity index (χ2n) is 5.84. The van der Waals surface area contributed by atoms with E-state index in [0.29, 0.717) is 6.61 Å². The van der Waals surface area contributed by atoms with Crippen LogP contribution in [0.2, 0.25) is 0 Å². The van der Waals surface area contributed by atoms with Gasteiger partial charge in [0.15, 0.2) is 0 Å². The summed E-state index contributed by atoms with van der Waals surface area (Å²) in [6.45, 7) is 2.68. The van der Waals surface area contributed by atoms with Gasteiger partial charge in [-0.25, -0.2) is 8.78 Å². The molecule has 5 heteroatoms. The SMILES string of the molecule is CCOC1CC(NCC(O)C(F)F)C12CCCCC2. The molecule has 0 aromatic carbocycles. The Kier molecular flexibility index (Phi) is 5.15. The first-order valence-electron chi connectivity index (χ1n) is 7.41. The fourth-order valence-electron chi connectivity index (χ4n) is 3.70. The standard InChI is InChI=1S/C14H25F2NO2/c1-2-19-12-8-11(17-9-10(18)13(15)16)14(12)6-4-3-5-7-14/h10-13,17-18H,2-9H2,1H3. The second-order valence-corrected chi connectivity index (χ2v) is 5.84. The van der Waals surface area contributed by atoms with Crippen molar-refractivity contribution in [3.05, 3.63) is 0 Å². The smallest absolute Gasteiger partial charge is 0.265 e. The normalized spacial score (nSPS) is 31.4. The number of alkyl halides is 2. The lowest BCUT2D eigenvalue weighted by Crippen LogP contribution is -2.65. The summed E-state index contributed by atoms with van der Waals surface area (Å²) in [5.41, 5.74) is 0.121. The predicted molar refractivity (Wildman–Crippen MR) is 69.4 cm³/mol. The average molecular weight is 277 g/mol. The number of halogens is 2. The van der Waals surface area contributed by atoms with E-state index >= 15 is 0 Å². The molecule has 0 bridgehead atoms. The van der Waals surface area contributed by atoms with Gasteiger partial charge in [0.1, 0.15) is 6.10 Å². The number of ether oxygens (including phenoxy) is 1. The fourth-order valence-corrected chi connectivity index (χ4v) is 3.70. The van der Waals surface area contributed by atoms with E-state index in [2.05, 4.69) is 5.32 Å². The molecule has 19 heavy (non-hydrogen) atoms. The zero-order valence-corrected chi connectivity index (χ0v) is 11.6. The van der Waals surface area contributed by atoms with Crippen LogP contribution in [0.25, 0.3) is 0 Å². The summed E-state index contributed by atoms with van der Waals surface area (Å²) in [5, 5.41) is 12.3. The topological polar surface area (TPSA) is 41.5 Å². The number of rotatable bonds is 6. The highest BCUT2D eigenvalue weighted by Crippen LogP contribution is 2.53. The molecule has 2 fully saturated rings. The first kappa shape index (κ1) is 15.1. The van der Waals surface area contributed by atoms with Crippen LogP contribution in [0.15, 0.2) is 0 Å². The fraction of sp³-hybridized carbons (Fsp3) is 1.00. The van der Waals surface area contributed by atoms with E-state index in [1.54, 1.807) is 0 Å². The van der Waals surface area contributed by atoms with Gasteiger partial charge < -0.3 is 15.2 Å². The van der Waals surface area contributed by atoms with Gasteiger partial charge >= 0.3 is 0 Å². The van der Waals surface area contributed by atoms with Crippen molar-refractivity contribution in [1.29, 1.82) is 0 Å². The maximum atomic E-state index is 12.3. The van der Waals surface area contributed by atoms with Crippen molar-refractivity contribution < 1.29 is 18.6 Å². The van der Waals surface area contributed by atoms with Gasteiger partial charge in [0.05, 0.1) is 6.10 Å². The summed E-state index contributed by atoms with van der Waals surface area (Å²) in [4.78, 5) is 0. The maximum absolute atomic E-state index is 12.3. The van der Waals surface area contributed by atoms with Crippen molar-refractivity contribution in [2.24, 2.45) is 5.41 Å². The van der Waals surface area contributed by atoms with Crippen LogP contribution in [0.4, 0.5) is 8.78 Å². The van der Waals surface area contributed by atoms with E-state index in [1.165, 1.54) is 19.3 Å². The van der Waals surface area contributed by atoms with Crippen LogP contribution >= 0.6 is 0 Å². The molecule has 3 atom stereocenters. The summed E-state index contributed by atoms with van der Waals surface area (Å²) in [6, 6.07) is 0.220. The lowest BCUT2D eigenvalue weighted by Gasteiger charge is -2.58. The largest absolute Gasteiger partial charge is 0.386 e. The third-order valence-electron chi connectivity index (χ3n) is 4.80. The molecule has 2 aliphatic rings. The van der Waals surface area contributed by atoms with Crippen LogP contribution in [0.1, 0.15) is 45.4 Å². The van der Waals surface area contributed by atoms with Crippen molar-refractivity contribution in [2.45, 2.75) is 70.1 Å². The Morgan fingerprint density at radius 1 is 1.32 bits per heavy atom. The van der Waals surface area contributed by atoms with Crippen LogP contribution in [0.5, 0.6) is 0 Å². The first-order valence-corrected chi connectivity index (χ1v) is 7.41. The molecule has 0 aliphatic heterocycles. The summed E-state index contributed by atoms with van der Waals surface area (Å²) >= 11 is 0. The molecule has 0 heterocycles. The second kappa shape index (κ2) is 6.46. The Hall–Kier alpha value is -0.260. The monoisotopic (exact) mass is 277 g/mol. The zero-order chi connectivity index (χ0) is 13.9. The van der Waals surface area contributed by atoms with Gasteiger partial charge in [0.25, 0.3) is 6.43 Å². The quantitative estimate of drug-likeness (QED) is 0.783. The molecule has 3 nitrogen and oxygen atoms in total. The minimum absolute atomic E-state index is 0.0249. The van der Waals surface area contributed by atoms with E-state index in [0.717, 1.165) is 19.3 Å². The van der Waals surface area contributed by atoms with Gasteiger partial charge in [0, 0.05) is 24.6 Å². The molecule has 0 amide bonds. The van der Waals surface area contributed by atoms with Crippen molar-refractivity contribution in [2.75, 3.05) is 13.2 Å². The number of hydrogen-bond donors (Lipinski definition) is 2. The Morgan fingerprint density at radius 2 is 2.00 bits per heavy atom.